The lowest BCUT2D eigenvalue weighted by Gasteiger charge is -2.36. The first-order chi connectivity index (χ1) is 10.5. The van der Waals surface area contributed by atoms with E-state index in [1.54, 1.807) is 0 Å². The molecule has 0 saturated heterocycles. The zero-order valence-electron chi connectivity index (χ0n) is 14.1. The maximum Gasteiger partial charge on any atom is 0.283 e. The van der Waals surface area contributed by atoms with Gasteiger partial charge in [0, 0.05) is 17.6 Å². The van der Waals surface area contributed by atoms with Crippen molar-refractivity contribution in [2.75, 3.05) is 13.2 Å². The molecule has 0 atom stereocenters. The molecule has 1 N–H and O–H groups in total. The summed E-state index contributed by atoms with van der Waals surface area (Å²) in [6.45, 7) is 11.3. The summed E-state index contributed by atoms with van der Waals surface area (Å²) in [6, 6.07) is 3.97. The van der Waals surface area contributed by atoms with Crippen LogP contribution in [0.4, 0.5) is 5.69 Å². The van der Waals surface area contributed by atoms with Crippen molar-refractivity contribution in [2.45, 2.75) is 38.9 Å². The van der Waals surface area contributed by atoms with Crippen LogP contribution in [-0.4, -0.2) is 32.3 Å². The predicted molar refractivity (Wildman–Crippen MR) is 93.6 cm³/mol. The van der Waals surface area contributed by atoms with Crippen molar-refractivity contribution < 1.29 is 14.1 Å². The number of nitrogens with zero attached hydrogens (tertiary/aromatic N) is 1. The minimum Gasteiger partial charge on any atom is -0.415 e. The summed E-state index contributed by atoms with van der Waals surface area (Å²) in [4.78, 5) is 22.5. The third-order valence-electron chi connectivity index (χ3n) is 4.06. The monoisotopic (exact) mass is 358 g/mol. The van der Waals surface area contributed by atoms with Crippen molar-refractivity contribution in [1.82, 2.24) is 5.32 Å². The van der Waals surface area contributed by atoms with Crippen LogP contribution in [-0.2, 0) is 4.43 Å². The molecule has 0 aliphatic rings. The third kappa shape index (κ3) is 5.30. The number of rotatable bonds is 6. The van der Waals surface area contributed by atoms with Gasteiger partial charge in [0.05, 0.1) is 11.5 Å². The standard InChI is InChI=1S/C15H23ClN2O4Si/c1-15(2,3)23(4,5)22-9-8-17-14(19)12-7-6-11(16)10-13(12)18(20)21/h6-7,10H,8-9H2,1-5H3,(H,17,19). The minimum absolute atomic E-state index is 0.00766. The van der Waals surface area contributed by atoms with Gasteiger partial charge in [-0.3, -0.25) is 14.9 Å². The molecule has 0 spiro atoms. The molecule has 0 aromatic heterocycles. The zero-order chi connectivity index (χ0) is 17.8. The highest BCUT2D eigenvalue weighted by molar-refractivity contribution is 6.74. The Balaban J connectivity index is 2.64. The largest absolute Gasteiger partial charge is 0.415 e. The normalized spacial score (nSPS) is 12.1. The fourth-order valence-electron chi connectivity index (χ4n) is 1.63. The number of nitro benzene ring substituents is 1. The van der Waals surface area contributed by atoms with E-state index in [-0.39, 0.29) is 21.3 Å². The maximum absolute atomic E-state index is 12.1. The van der Waals surface area contributed by atoms with E-state index >= 15 is 0 Å². The Morgan fingerprint density at radius 2 is 2.00 bits per heavy atom. The molecule has 1 rings (SSSR count). The van der Waals surface area contributed by atoms with E-state index in [2.05, 4.69) is 39.2 Å². The summed E-state index contributed by atoms with van der Waals surface area (Å²) in [7, 11) is -1.87. The average molecular weight is 359 g/mol. The lowest BCUT2D eigenvalue weighted by atomic mass is 10.1. The third-order valence-corrected chi connectivity index (χ3v) is 8.83. The van der Waals surface area contributed by atoms with Crippen LogP contribution < -0.4 is 5.32 Å². The minimum atomic E-state index is -1.87. The average Bonchev–Trinajstić information content (AvgIpc) is 2.41. The SMILES string of the molecule is CC(C)(C)[Si](C)(C)OCCNC(=O)c1ccc(Cl)cc1[N+](=O)[O-]. The van der Waals surface area contributed by atoms with Gasteiger partial charge in [0.15, 0.2) is 8.32 Å². The maximum atomic E-state index is 12.1. The van der Waals surface area contributed by atoms with Crippen molar-refractivity contribution in [2.24, 2.45) is 0 Å². The molecule has 0 radical (unpaired) electrons. The van der Waals surface area contributed by atoms with E-state index in [1.165, 1.54) is 18.2 Å². The smallest absolute Gasteiger partial charge is 0.283 e. The van der Waals surface area contributed by atoms with Gasteiger partial charge in [-0.2, -0.15) is 0 Å². The number of nitro groups is 1. The van der Waals surface area contributed by atoms with Gasteiger partial charge in [-0.1, -0.05) is 32.4 Å². The number of amides is 1. The molecule has 0 bridgehead atoms. The van der Waals surface area contributed by atoms with Gasteiger partial charge in [-0.25, -0.2) is 0 Å². The quantitative estimate of drug-likeness (QED) is 0.360. The highest BCUT2D eigenvalue weighted by atomic mass is 35.5. The zero-order valence-corrected chi connectivity index (χ0v) is 15.9. The topological polar surface area (TPSA) is 81.5 Å². The molecule has 0 aliphatic carbocycles. The number of carbonyl (C=O) groups is 1. The molecule has 0 saturated carbocycles. The molecule has 1 amide bonds. The number of hydrogen-bond donors (Lipinski definition) is 1. The first-order valence-electron chi connectivity index (χ1n) is 7.32. The van der Waals surface area contributed by atoms with Crippen LogP contribution in [0, 0.1) is 10.1 Å². The van der Waals surface area contributed by atoms with Crippen LogP contribution in [0.2, 0.25) is 23.2 Å². The van der Waals surface area contributed by atoms with Crippen molar-refractivity contribution in [1.29, 1.82) is 0 Å². The van der Waals surface area contributed by atoms with Crippen LogP contribution in [0.5, 0.6) is 0 Å². The Kier molecular flexibility index (Phi) is 6.32. The highest BCUT2D eigenvalue weighted by Gasteiger charge is 2.36. The fraction of sp³-hybridized carbons (Fsp3) is 0.533. The van der Waals surface area contributed by atoms with E-state index in [0.29, 0.717) is 13.2 Å². The van der Waals surface area contributed by atoms with Gasteiger partial charge < -0.3 is 9.74 Å². The lowest BCUT2D eigenvalue weighted by Crippen LogP contribution is -2.42. The first kappa shape index (κ1) is 19.6. The summed E-state index contributed by atoms with van der Waals surface area (Å²) >= 11 is 5.73. The molecular formula is C15H23ClN2O4Si. The Bertz CT molecular complexity index is 600. The molecule has 128 valence electrons. The molecule has 0 heterocycles. The molecule has 1 aromatic carbocycles. The van der Waals surface area contributed by atoms with Gasteiger partial charge in [0.1, 0.15) is 5.56 Å². The van der Waals surface area contributed by atoms with Crippen molar-refractivity contribution >= 4 is 31.5 Å². The van der Waals surface area contributed by atoms with Crippen molar-refractivity contribution in [3.8, 4) is 0 Å². The molecule has 0 fully saturated rings. The van der Waals surface area contributed by atoms with E-state index in [4.69, 9.17) is 16.0 Å². The van der Waals surface area contributed by atoms with Gasteiger partial charge in [0.2, 0.25) is 0 Å². The molecule has 23 heavy (non-hydrogen) atoms. The highest BCUT2D eigenvalue weighted by Crippen LogP contribution is 2.36. The molecule has 8 heteroatoms. The summed E-state index contributed by atoms with van der Waals surface area (Å²) in [5.74, 6) is -0.507. The Hall–Kier alpha value is -1.44. The number of hydrogen-bond acceptors (Lipinski definition) is 4. The summed E-state index contributed by atoms with van der Waals surface area (Å²) in [5.41, 5.74) is -0.313. The Morgan fingerprint density at radius 1 is 1.39 bits per heavy atom. The van der Waals surface area contributed by atoms with E-state index < -0.39 is 19.1 Å². The number of halogens is 1. The molecule has 6 nitrogen and oxygen atoms in total. The first-order valence-corrected chi connectivity index (χ1v) is 10.6. The van der Waals surface area contributed by atoms with Gasteiger partial charge in [-0.05, 0) is 30.3 Å². The van der Waals surface area contributed by atoms with Crippen LogP contribution in [0.1, 0.15) is 31.1 Å². The van der Waals surface area contributed by atoms with E-state index in [9.17, 15) is 14.9 Å². The fourth-order valence-corrected chi connectivity index (χ4v) is 2.84. The number of benzene rings is 1. The summed E-state index contributed by atoms with van der Waals surface area (Å²) < 4.78 is 5.95. The lowest BCUT2D eigenvalue weighted by molar-refractivity contribution is -0.385. The van der Waals surface area contributed by atoms with Crippen LogP contribution in [0.3, 0.4) is 0 Å². The van der Waals surface area contributed by atoms with E-state index in [0.717, 1.165) is 0 Å². The molecular weight excluding hydrogens is 336 g/mol. The van der Waals surface area contributed by atoms with Crippen molar-refractivity contribution in [3.05, 3.63) is 38.9 Å². The Morgan fingerprint density at radius 3 is 2.52 bits per heavy atom. The van der Waals surface area contributed by atoms with Crippen LogP contribution in [0.25, 0.3) is 0 Å². The molecule has 1 aromatic rings. The van der Waals surface area contributed by atoms with Crippen LogP contribution >= 0.6 is 11.6 Å². The summed E-state index contributed by atoms with van der Waals surface area (Å²) in [6.07, 6.45) is 0. The van der Waals surface area contributed by atoms with Gasteiger partial charge in [-0.15, -0.1) is 0 Å². The molecule has 0 aliphatic heterocycles. The molecule has 0 unspecified atom stereocenters. The second kappa shape index (κ2) is 7.42. The predicted octanol–water partition coefficient (Wildman–Crippen LogP) is 4.00. The summed E-state index contributed by atoms with van der Waals surface area (Å²) in [5, 5.41) is 14.0. The number of carbonyl (C=O) groups excluding carboxylic acids is 1. The number of nitrogens with one attached hydrogen (secondary N) is 1. The second-order valence-electron chi connectivity index (χ2n) is 6.78. The Labute approximate surface area is 142 Å². The van der Waals surface area contributed by atoms with Crippen LogP contribution in [0.15, 0.2) is 18.2 Å². The van der Waals surface area contributed by atoms with Gasteiger partial charge in [0.25, 0.3) is 11.6 Å². The van der Waals surface area contributed by atoms with Gasteiger partial charge >= 0.3 is 0 Å². The van der Waals surface area contributed by atoms with Crippen molar-refractivity contribution in [3.63, 3.8) is 0 Å². The van der Waals surface area contributed by atoms with E-state index in [1.807, 2.05) is 0 Å². The second-order valence-corrected chi connectivity index (χ2v) is 12.0.